The van der Waals surface area contributed by atoms with E-state index in [9.17, 15) is 4.79 Å². The van der Waals surface area contributed by atoms with Gasteiger partial charge < -0.3 is 15.1 Å². The van der Waals surface area contributed by atoms with E-state index in [-0.39, 0.29) is 29.9 Å². The molecule has 27 heavy (non-hydrogen) atoms. The molecule has 2 aliphatic rings. The zero-order valence-corrected chi connectivity index (χ0v) is 18.9. The first-order valence-electron chi connectivity index (χ1n) is 10.0. The Morgan fingerprint density at radius 2 is 1.89 bits per heavy atom. The fourth-order valence-electron chi connectivity index (χ4n) is 3.75. The van der Waals surface area contributed by atoms with Crippen molar-refractivity contribution in [2.75, 3.05) is 26.2 Å². The molecule has 0 spiro atoms. The molecule has 3 rings (SSSR count). The lowest BCUT2D eigenvalue weighted by Crippen LogP contribution is -2.45. The molecule has 0 unspecified atom stereocenters. The molecule has 150 valence electrons. The predicted molar refractivity (Wildman–Crippen MR) is 121 cm³/mol. The van der Waals surface area contributed by atoms with Crippen molar-refractivity contribution < 1.29 is 4.79 Å². The largest absolute Gasteiger partial charge is 0.357 e. The minimum atomic E-state index is 0. The van der Waals surface area contributed by atoms with E-state index in [1.54, 1.807) is 0 Å². The van der Waals surface area contributed by atoms with E-state index < -0.39 is 0 Å². The fourth-order valence-corrected chi connectivity index (χ4v) is 3.75. The molecule has 0 aliphatic carbocycles. The van der Waals surface area contributed by atoms with Crippen LogP contribution in [-0.2, 0) is 17.9 Å². The van der Waals surface area contributed by atoms with Gasteiger partial charge in [0.25, 0.3) is 0 Å². The number of nitrogens with one attached hydrogen (secondary N) is 1. The Kier molecular flexibility index (Phi) is 8.86. The summed E-state index contributed by atoms with van der Waals surface area (Å²) in [7, 11) is 0. The van der Waals surface area contributed by atoms with Crippen molar-refractivity contribution in [2.45, 2.75) is 52.6 Å². The van der Waals surface area contributed by atoms with Gasteiger partial charge in [-0.3, -0.25) is 4.79 Å². The summed E-state index contributed by atoms with van der Waals surface area (Å²) < 4.78 is 0. The van der Waals surface area contributed by atoms with E-state index in [4.69, 9.17) is 4.99 Å². The van der Waals surface area contributed by atoms with Crippen LogP contribution in [0.5, 0.6) is 0 Å². The van der Waals surface area contributed by atoms with Crippen LogP contribution < -0.4 is 5.32 Å². The number of hydrogen-bond acceptors (Lipinski definition) is 2. The summed E-state index contributed by atoms with van der Waals surface area (Å²) in [6.45, 7) is 9.74. The standard InChI is InChI=1S/C21H32N4O.HI/c1-3-22-21(24-13-10-17(2)11-14-24)23-15-18-7-4-5-8-19(18)16-25-12-6-9-20(25)26;/h4-5,7-8,17H,3,6,9-16H2,1-2H3,(H,22,23);1H. The highest BCUT2D eigenvalue weighted by molar-refractivity contribution is 14.0. The van der Waals surface area contributed by atoms with Crippen LogP contribution in [-0.4, -0.2) is 47.8 Å². The van der Waals surface area contributed by atoms with Crippen LogP contribution in [0.15, 0.2) is 29.3 Å². The van der Waals surface area contributed by atoms with Gasteiger partial charge in [0.05, 0.1) is 6.54 Å². The van der Waals surface area contributed by atoms with Crippen LogP contribution >= 0.6 is 24.0 Å². The first-order chi connectivity index (χ1) is 12.7. The van der Waals surface area contributed by atoms with E-state index in [0.29, 0.717) is 19.5 Å². The number of piperidine rings is 1. The highest BCUT2D eigenvalue weighted by Gasteiger charge is 2.21. The highest BCUT2D eigenvalue weighted by Crippen LogP contribution is 2.19. The van der Waals surface area contributed by atoms with E-state index in [1.165, 1.54) is 24.0 Å². The molecule has 1 aromatic carbocycles. The molecule has 2 fully saturated rings. The van der Waals surface area contributed by atoms with Gasteiger partial charge in [0.1, 0.15) is 0 Å². The third-order valence-corrected chi connectivity index (χ3v) is 5.47. The third kappa shape index (κ3) is 6.09. The topological polar surface area (TPSA) is 47.9 Å². The van der Waals surface area contributed by atoms with Gasteiger partial charge in [-0.2, -0.15) is 0 Å². The molecule has 2 heterocycles. The maximum absolute atomic E-state index is 12.0. The predicted octanol–water partition coefficient (Wildman–Crippen LogP) is 3.62. The van der Waals surface area contributed by atoms with Gasteiger partial charge >= 0.3 is 0 Å². The summed E-state index contributed by atoms with van der Waals surface area (Å²) in [5.41, 5.74) is 2.43. The van der Waals surface area contributed by atoms with Gasteiger partial charge in [-0.1, -0.05) is 31.2 Å². The zero-order valence-electron chi connectivity index (χ0n) is 16.6. The first-order valence-corrected chi connectivity index (χ1v) is 10.0. The number of likely N-dealkylation sites (tertiary alicyclic amines) is 2. The molecule has 0 radical (unpaired) electrons. The van der Waals surface area contributed by atoms with Crippen molar-refractivity contribution in [3.63, 3.8) is 0 Å². The monoisotopic (exact) mass is 484 g/mol. The second kappa shape index (κ2) is 10.9. The molecule has 2 aliphatic heterocycles. The Balaban J connectivity index is 0.00000261. The molecule has 6 heteroatoms. The first kappa shape index (κ1) is 22.0. The summed E-state index contributed by atoms with van der Waals surface area (Å²) in [6, 6.07) is 8.39. The fraction of sp³-hybridized carbons (Fsp3) is 0.619. The summed E-state index contributed by atoms with van der Waals surface area (Å²) in [5, 5.41) is 3.45. The quantitative estimate of drug-likeness (QED) is 0.395. The van der Waals surface area contributed by atoms with E-state index in [0.717, 1.165) is 44.5 Å². The minimum absolute atomic E-state index is 0. The van der Waals surface area contributed by atoms with Crippen LogP contribution in [0.25, 0.3) is 0 Å². The average molecular weight is 484 g/mol. The molecule has 2 saturated heterocycles. The molecule has 0 atom stereocenters. The van der Waals surface area contributed by atoms with Crippen molar-refractivity contribution in [1.29, 1.82) is 0 Å². The third-order valence-electron chi connectivity index (χ3n) is 5.47. The number of rotatable bonds is 5. The van der Waals surface area contributed by atoms with Gasteiger partial charge in [-0.15, -0.1) is 24.0 Å². The Labute approximate surface area is 180 Å². The summed E-state index contributed by atoms with van der Waals surface area (Å²) >= 11 is 0. The van der Waals surface area contributed by atoms with Gasteiger partial charge in [0.2, 0.25) is 5.91 Å². The number of benzene rings is 1. The molecule has 1 amide bonds. The number of amides is 1. The Morgan fingerprint density at radius 1 is 1.19 bits per heavy atom. The van der Waals surface area contributed by atoms with Crippen molar-refractivity contribution in [3.05, 3.63) is 35.4 Å². The summed E-state index contributed by atoms with van der Waals surface area (Å²) in [5.74, 6) is 2.11. The minimum Gasteiger partial charge on any atom is -0.357 e. The maximum atomic E-state index is 12.0. The molecular formula is C21H33IN4O. The molecule has 0 aromatic heterocycles. The Bertz CT molecular complexity index is 641. The zero-order chi connectivity index (χ0) is 18.4. The number of guanidine groups is 1. The highest BCUT2D eigenvalue weighted by atomic mass is 127. The summed E-state index contributed by atoms with van der Waals surface area (Å²) in [4.78, 5) is 21.2. The number of hydrogen-bond donors (Lipinski definition) is 1. The van der Waals surface area contributed by atoms with Gasteiger partial charge in [0, 0.05) is 39.1 Å². The van der Waals surface area contributed by atoms with E-state index >= 15 is 0 Å². The Morgan fingerprint density at radius 3 is 2.52 bits per heavy atom. The molecule has 1 aromatic rings. The van der Waals surface area contributed by atoms with Crippen molar-refractivity contribution in [3.8, 4) is 0 Å². The lowest BCUT2D eigenvalue weighted by Gasteiger charge is -2.33. The number of aliphatic imine (C=N–C) groups is 1. The molecular weight excluding hydrogens is 451 g/mol. The van der Waals surface area contributed by atoms with Gasteiger partial charge in [-0.25, -0.2) is 4.99 Å². The normalized spacial score (nSPS) is 18.6. The molecule has 0 saturated carbocycles. The van der Waals surface area contributed by atoms with Crippen molar-refractivity contribution in [2.24, 2.45) is 10.9 Å². The SMILES string of the molecule is CCNC(=NCc1ccccc1CN1CCCC1=O)N1CCC(C)CC1.I. The van der Waals surface area contributed by atoms with Crippen LogP contribution in [0.2, 0.25) is 0 Å². The number of carbonyl (C=O) groups is 1. The second-order valence-corrected chi connectivity index (χ2v) is 7.53. The average Bonchev–Trinajstić information content (AvgIpc) is 3.05. The van der Waals surface area contributed by atoms with Gasteiger partial charge in [-0.05, 0) is 43.2 Å². The number of halogens is 1. The van der Waals surface area contributed by atoms with Crippen LogP contribution in [0, 0.1) is 5.92 Å². The number of nitrogens with zero attached hydrogens (tertiary/aromatic N) is 3. The lowest BCUT2D eigenvalue weighted by atomic mass is 9.99. The maximum Gasteiger partial charge on any atom is 0.222 e. The molecule has 1 N–H and O–H groups in total. The van der Waals surface area contributed by atoms with Crippen LogP contribution in [0.4, 0.5) is 0 Å². The Hall–Kier alpha value is -1.31. The van der Waals surface area contributed by atoms with E-state index in [2.05, 4.69) is 48.3 Å². The smallest absolute Gasteiger partial charge is 0.222 e. The van der Waals surface area contributed by atoms with E-state index in [1.807, 2.05) is 4.90 Å². The summed E-state index contributed by atoms with van der Waals surface area (Å²) in [6.07, 6.45) is 4.14. The van der Waals surface area contributed by atoms with Crippen LogP contribution in [0.1, 0.15) is 50.7 Å². The second-order valence-electron chi connectivity index (χ2n) is 7.53. The van der Waals surface area contributed by atoms with Gasteiger partial charge in [0.15, 0.2) is 5.96 Å². The molecule has 5 nitrogen and oxygen atoms in total. The van der Waals surface area contributed by atoms with Crippen molar-refractivity contribution >= 4 is 35.8 Å². The van der Waals surface area contributed by atoms with Crippen molar-refractivity contribution in [1.82, 2.24) is 15.1 Å². The lowest BCUT2D eigenvalue weighted by molar-refractivity contribution is -0.128. The van der Waals surface area contributed by atoms with Crippen LogP contribution in [0.3, 0.4) is 0 Å². The molecule has 0 bridgehead atoms. The number of carbonyl (C=O) groups excluding carboxylic acids is 1.